The lowest BCUT2D eigenvalue weighted by Crippen LogP contribution is -2.44. The van der Waals surface area contributed by atoms with Crippen molar-refractivity contribution < 1.29 is 24.0 Å². The summed E-state index contributed by atoms with van der Waals surface area (Å²) in [5.74, 6) is -0.629. The fourth-order valence-electron chi connectivity index (χ4n) is 2.80. The second-order valence-corrected chi connectivity index (χ2v) is 7.37. The molecule has 148 valence electrons. The molecule has 2 rings (SSSR count). The van der Waals surface area contributed by atoms with Crippen molar-refractivity contribution >= 4 is 23.4 Å². The maximum Gasteiger partial charge on any atom is 0.410 e. The molecule has 1 aromatic rings. The van der Waals surface area contributed by atoms with E-state index in [0.717, 1.165) is 0 Å². The number of hydrogen-bond acceptors (Lipinski definition) is 7. The minimum absolute atomic E-state index is 0.0219. The van der Waals surface area contributed by atoms with E-state index in [1.54, 1.807) is 4.90 Å². The van der Waals surface area contributed by atoms with Crippen molar-refractivity contribution in [2.45, 2.75) is 45.3 Å². The van der Waals surface area contributed by atoms with Gasteiger partial charge in [-0.15, -0.1) is 0 Å². The van der Waals surface area contributed by atoms with Crippen LogP contribution in [-0.4, -0.2) is 53.7 Å². The van der Waals surface area contributed by atoms with Crippen LogP contribution >= 0.6 is 0 Å². The maximum atomic E-state index is 12.1. The second kappa shape index (κ2) is 8.24. The first kappa shape index (κ1) is 20.5. The number of esters is 1. The van der Waals surface area contributed by atoms with Gasteiger partial charge in [0, 0.05) is 25.2 Å². The van der Waals surface area contributed by atoms with Gasteiger partial charge in [0.2, 0.25) is 0 Å². The molecule has 1 fully saturated rings. The van der Waals surface area contributed by atoms with E-state index in [9.17, 15) is 19.7 Å². The smallest absolute Gasteiger partial charge is 0.410 e. The highest BCUT2D eigenvalue weighted by Gasteiger charge is 2.28. The van der Waals surface area contributed by atoms with Crippen LogP contribution in [-0.2, 0) is 9.47 Å². The summed E-state index contributed by atoms with van der Waals surface area (Å²) < 4.78 is 9.96. The zero-order valence-electron chi connectivity index (χ0n) is 16.0. The van der Waals surface area contributed by atoms with Crippen molar-refractivity contribution in [3.63, 3.8) is 0 Å². The summed E-state index contributed by atoms with van der Waals surface area (Å²) in [6.07, 6.45) is 0.916. The van der Waals surface area contributed by atoms with E-state index >= 15 is 0 Å². The summed E-state index contributed by atoms with van der Waals surface area (Å²) in [5.41, 5.74) is -0.279. The maximum absolute atomic E-state index is 12.1. The average Bonchev–Trinajstić information content (AvgIpc) is 2.60. The number of hydrogen-bond donors (Lipinski definition) is 1. The van der Waals surface area contributed by atoms with Crippen molar-refractivity contribution in [3.8, 4) is 0 Å². The van der Waals surface area contributed by atoms with Gasteiger partial charge < -0.3 is 19.7 Å². The van der Waals surface area contributed by atoms with Crippen molar-refractivity contribution in [2.75, 3.05) is 25.5 Å². The third-order valence-electron chi connectivity index (χ3n) is 4.12. The Morgan fingerprint density at radius 2 is 1.89 bits per heavy atom. The van der Waals surface area contributed by atoms with E-state index in [1.807, 2.05) is 20.8 Å². The standard InChI is InChI=1S/C18H25N3O6/c1-18(2,3)27-17(23)20-9-7-13(8-10-20)19-14-6-5-12(16(22)26-4)11-15(14)21(24)25/h5-6,11,13,19H,7-10H2,1-4H3. The minimum Gasteiger partial charge on any atom is -0.465 e. The molecule has 0 unspecified atom stereocenters. The van der Waals surface area contributed by atoms with Gasteiger partial charge in [-0.05, 0) is 45.7 Å². The molecular weight excluding hydrogens is 354 g/mol. The number of carbonyl (C=O) groups is 2. The van der Waals surface area contributed by atoms with E-state index in [-0.39, 0.29) is 23.4 Å². The number of benzene rings is 1. The number of ether oxygens (including phenoxy) is 2. The van der Waals surface area contributed by atoms with Crippen LogP contribution in [0.25, 0.3) is 0 Å². The number of carbonyl (C=O) groups excluding carboxylic acids is 2. The van der Waals surface area contributed by atoms with Gasteiger partial charge in [-0.3, -0.25) is 10.1 Å². The number of nitro groups is 1. The molecule has 9 heteroatoms. The Bertz CT molecular complexity index is 720. The summed E-state index contributed by atoms with van der Waals surface area (Å²) in [6.45, 7) is 6.45. The molecule has 0 saturated carbocycles. The van der Waals surface area contributed by atoms with Crippen molar-refractivity contribution in [3.05, 3.63) is 33.9 Å². The predicted octanol–water partition coefficient (Wildman–Crippen LogP) is 3.19. The van der Waals surface area contributed by atoms with Gasteiger partial charge in [-0.1, -0.05) is 0 Å². The number of nitro benzene ring substituents is 1. The molecule has 27 heavy (non-hydrogen) atoms. The van der Waals surface area contributed by atoms with Gasteiger partial charge in [0.25, 0.3) is 5.69 Å². The molecule has 0 radical (unpaired) electrons. The zero-order chi connectivity index (χ0) is 20.2. The number of anilines is 1. The van der Waals surface area contributed by atoms with Crippen LogP contribution in [0, 0.1) is 10.1 Å². The third kappa shape index (κ3) is 5.57. The zero-order valence-corrected chi connectivity index (χ0v) is 16.0. The first-order chi connectivity index (χ1) is 12.6. The Hall–Kier alpha value is -2.84. The van der Waals surface area contributed by atoms with Crippen LogP contribution in [0.3, 0.4) is 0 Å². The monoisotopic (exact) mass is 379 g/mol. The number of amides is 1. The summed E-state index contributed by atoms with van der Waals surface area (Å²) in [7, 11) is 1.22. The number of likely N-dealkylation sites (tertiary alicyclic amines) is 1. The number of piperidine rings is 1. The molecule has 0 atom stereocenters. The third-order valence-corrected chi connectivity index (χ3v) is 4.12. The summed E-state index contributed by atoms with van der Waals surface area (Å²) in [6, 6.07) is 4.16. The molecule has 1 N–H and O–H groups in total. The van der Waals surface area contributed by atoms with Gasteiger partial charge in [0.1, 0.15) is 11.3 Å². The van der Waals surface area contributed by atoms with Crippen LogP contribution in [0.2, 0.25) is 0 Å². The van der Waals surface area contributed by atoms with E-state index in [0.29, 0.717) is 31.6 Å². The predicted molar refractivity (Wildman–Crippen MR) is 98.9 cm³/mol. The Morgan fingerprint density at radius 3 is 2.41 bits per heavy atom. The number of rotatable bonds is 4. The quantitative estimate of drug-likeness (QED) is 0.486. The van der Waals surface area contributed by atoms with Crippen LogP contribution in [0.1, 0.15) is 44.0 Å². The molecule has 0 aliphatic carbocycles. The van der Waals surface area contributed by atoms with Crippen LogP contribution in [0.4, 0.5) is 16.2 Å². The number of nitrogens with one attached hydrogen (secondary N) is 1. The molecule has 1 saturated heterocycles. The molecule has 0 bridgehead atoms. The van der Waals surface area contributed by atoms with E-state index < -0.39 is 16.5 Å². The summed E-state index contributed by atoms with van der Waals surface area (Å²) >= 11 is 0. The highest BCUT2D eigenvalue weighted by molar-refractivity contribution is 5.91. The van der Waals surface area contributed by atoms with Gasteiger partial charge in [-0.25, -0.2) is 9.59 Å². The first-order valence-electron chi connectivity index (χ1n) is 8.72. The SMILES string of the molecule is COC(=O)c1ccc(NC2CCN(C(=O)OC(C)(C)C)CC2)c([N+](=O)[O-])c1. The van der Waals surface area contributed by atoms with E-state index in [4.69, 9.17) is 4.74 Å². The van der Waals surface area contributed by atoms with Crippen molar-refractivity contribution in [1.29, 1.82) is 0 Å². The first-order valence-corrected chi connectivity index (χ1v) is 8.72. The number of nitrogens with zero attached hydrogens (tertiary/aromatic N) is 2. The highest BCUT2D eigenvalue weighted by atomic mass is 16.6. The molecule has 1 aliphatic heterocycles. The van der Waals surface area contributed by atoms with Gasteiger partial charge in [-0.2, -0.15) is 0 Å². The molecule has 1 heterocycles. The molecule has 9 nitrogen and oxygen atoms in total. The fraction of sp³-hybridized carbons (Fsp3) is 0.556. The number of methoxy groups -OCH3 is 1. The van der Waals surface area contributed by atoms with Crippen molar-refractivity contribution in [2.24, 2.45) is 0 Å². The topological polar surface area (TPSA) is 111 Å². The second-order valence-electron chi connectivity index (χ2n) is 7.37. The lowest BCUT2D eigenvalue weighted by molar-refractivity contribution is -0.384. The Morgan fingerprint density at radius 1 is 1.26 bits per heavy atom. The molecular formula is C18H25N3O6. The lowest BCUT2D eigenvalue weighted by atomic mass is 10.0. The Labute approximate surface area is 157 Å². The van der Waals surface area contributed by atoms with E-state index in [1.165, 1.54) is 25.3 Å². The minimum atomic E-state index is -0.629. The van der Waals surface area contributed by atoms with Crippen LogP contribution in [0.15, 0.2) is 18.2 Å². The fourth-order valence-corrected chi connectivity index (χ4v) is 2.80. The van der Waals surface area contributed by atoms with Gasteiger partial charge in [0.05, 0.1) is 17.6 Å². The Kier molecular flexibility index (Phi) is 6.24. The van der Waals surface area contributed by atoms with Gasteiger partial charge in [0.15, 0.2) is 0 Å². The molecule has 0 spiro atoms. The van der Waals surface area contributed by atoms with Gasteiger partial charge >= 0.3 is 12.1 Å². The van der Waals surface area contributed by atoms with E-state index in [2.05, 4.69) is 10.1 Å². The van der Waals surface area contributed by atoms with Crippen LogP contribution < -0.4 is 5.32 Å². The molecule has 0 aromatic heterocycles. The average molecular weight is 379 g/mol. The van der Waals surface area contributed by atoms with Crippen LogP contribution in [0.5, 0.6) is 0 Å². The summed E-state index contributed by atoms with van der Waals surface area (Å²) in [4.78, 5) is 36.1. The largest absolute Gasteiger partial charge is 0.465 e. The Balaban J connectivity index is 2.01. The molecule has 1 aromatic carbocycles. The van der Waals surface area contributed by atoms with Crippen molar-refractivity contribution in [1.82, 2.24) is 4.90 Å². The summed E-state index contributed by atoms with van der Waals surface area (Å²) in [5, 5.41) is 14.5. The lowest BCUT2D eigenvalue weighted by Gasteiger charge is -2.34. The molecule has 1 aliphatic rings. The molecule has 1 amide bonds. The normalized spacial score (nSPS) is 15.2. The highest BCUT2D eigenvalue weighted by Crippen LogP contribution is 2.28.